The fourth-order valence-corrected chi connectivity index (χ4v) is 3.07. The van der Waals surface area contributed by atoms with Gasteiger partial charge >= 0.3 is 0 Å². The lowest BCUT2D eigenvalue weighted by atomic mass is 10.1. The Bertz CT molecular complexity index is 574. The molecule has 0 saturated heterocycles. The molecular weight excluding hydrogens is 330 g/mol. The van der Waals surface area contributed by atoms with Crippen LogP contribution in [0.1, 0.15) is 42.5 Å². The van der Waals surface area contributed by atoms with Gasteiger partial charge in [-0.15, -0.1) is 23.7 Å². The van der Waals surface area contributed by atoms with Crippen molar-refractivity contribution >= 4 is 34.8 Å². The number of nitrogens with zero attached hydrogens (tertiary/aromatic N) is 1. The first-order valence-electron chi connectivity index (χ1n) is 7.76. The highest BCUT2D eigenvalue weighted by atomic mass is 35.5. The fourth-order valence-electron chi connectivity index (χ4n) is 2.21. The summed E-state index contributed by atoms with van der Waals surface area (Å²) in [6.07, 6.45) is 7.36. The SMILES string of the molecule is Cl.NCCCCCCC(=O)Nc1ncc(Cc2ccccc2)s1. The van der Waals surface area contributed by atoms with Crippen molar-refractivity contribution in [3.05, 3.63) is 47.0 Å². The lowest BCUT2D eigenvalue weighted by Gasteiger charge is -2.01. The Labute approximate surface area is 147 Å². The second-order valence-electron chi connectivity index (χ2n) is 5.30. The van der Waals surface area contributed by atoms with Gasteiger partial charge in [0.15, 0.2) is 5.13 Å². The van der Waals surface area contributed by atoms with Gasteiger partial charge in [-0.25, -0.2) is 4.98 Å². The molecule has 0 unspecified atom stereocenters. The van der Waals surface area contributed by atoms with Crippen LogP contribution in [0.4, 0.5) is 5.13 Å². The van der Waals surface area contributed by atoms with Crippen molar-refractivity contribution < 1.29 is 4.79 Å². The summed E-state index contributed by atoms with van der Waals surface area (Å²) in [6, 6.07) is 10.3. The predicted octanol–water partition coefficient (Wildman–Crippen LogP) is 4.00. The molecule has 0 atom stereocenters. The van der Waals surface area contributed by atoms with E-state index >= 15 is 0 Å². The smallest absolute Gasteiger partial charge is 0.226 e. The van der Waals surface area contributed by atoms with E-state index in [0.29, 0.717) is 11.6 Å². The molecule has 0 saturated carbocycles. The molecule has 0 radical (unpaired) electrons. The topological polar surface area (TPSA) is 68.0 Å². The molecule has 23 heavy (non-hydrogen) atoms. The fraction of sp³-hybridized carbons (Fsp3) is 0.412. The lowest BCUT2D eigenvalue weighted by molar-refractivity contribution is -0.116. The Hall–Kier alpha value is -1.43. The van der Waals surface area contributed by atoms with E-state index in [1.165, 1.54) is 5.56 Å². The van der Waals surface area contributed by atoms with Crippen molar-refractivity contribution in [3.8, 4) is 0 Å². The second-order valence-corrected chi connectivity index (χ2v) is 6.41. The van der Waals surface area contributed by atoms with Gasteiger partial charge in [0.1, 0.15) is 0 Å². The number of rotatable bonds is 9. The molecule has 0 aliphatic carbocycles. The van der Waals surface area contributed by atoms with Crippen LogP contribution in [0, 0.1) is 0 Å². The number of nitrogens with two attached hydrogens (primary N) is 1. The van der Waals surface area contributed by atoms with Gasteiger partial charge in [0.05, 0.1) is 0 Å². The number of carbonyl (C=O) groups excluding carboxylic acids is 1. The van der Waals surface area contributed by atoms with Crippen LogP contribution in [0.3, 0.4) is 0 Å². The van der Waals surface area contributed by atoms with Gasteiger partial charge in [-0.05, 0) is 24.9 Å². The van der Waals surface area contributed by atoms with Crippen molar-refractivity contribution in [3.63, 3.8) is 0 Å². The predicted molar refractivity (Wildman–Crippen MR) is 99.4 cm³/mol. The van der Waals surface area contributed by atoms with Gasteiger partial charge in [0.25, 0.3) is 0 Å². The molecule has 1 aromatic heterocycles. The first-order chi connectivity index (χ1) is 10.8. The number of anilines is 1. The lowest BCUT2D eigenvalue weighted by Crippen LogP contribution is -2.10. The van der Waals surface area contributed by atoms with Gasteiger partial charge in [0.2, 0.25) is 5.91 Å². The molecule has 2 rings (SSSR count). The maximum absolute atomic E-state index is 11.8. The second kappa shape index (κ2) is 11.2. The third kappa shape index (κ3) is 7.59. The van der Waals surface area contributed by atoms with Crippen LogP contribution in [-0.2, 0) is 11.2 Å². The molecule has 1 amide bonds. The first-order valence-corrected chi connectivity index (χ1v) is 8.58. The number of carbonyl (C=O) groups is 1. The van der Waals surface area contributed by atoms with Crippen LogP contribution in [0.5, 0.6) is 0 Å². The number of hydrogen-bond donors (Lipinski definition) is 2. The maximum atomic E-state index is 11.8. The highest BCUT2D eigenvalue weighted by Gasteiger charge is 2.07. The maximum Gasteiger partial charge on any atom is 0.226 e. The summed E-state index contributed by atoms with van der Waals surface area (Å²) >= 11 is 1.54. The van der Waals surface area contributed by atoms with Crippen molar-refractivity contribution in [1.82, 2.24) is 4.98 Å². The van der Waals surface area contributed by atoms with E-state index < -0.39 is 0 Å². The van der Waals surface area contributed by atoms with Crippen molar-refractivity contribution in [1.29, 1.82) is 0 Å². The molecule has 1 heterocycles. The molecule has 2 aromatic rings. The molecular formula is C17H24ClN3OS. The van der Waals surface area contributed by atoms with Crippen LogP contribution < -0.4 is 11.1 Å². The van der Waals surface area contributed by atoms with E-state index in [1.807, 2.05) is 24.4 Å². The van der Waals surface area contributed by atoms with Crippen LogP contribution in [-0.4, -0.2) is 17.4 Å². The van der Waals surface area contributed by atoms with E-state index in [-0.39, 0.29) is 18.3 Å². The summed E-state index contributed by atoms with van der Waals surface area (Å²) < 4.78 is 0. The summed E-state index contributed by atoms with van der Waals surface area (Å²) in [5, 5.41) is 3.58. The summed E-state index contributed by atoms with van der Waals surface area (Å²) in [5.41, 5.74) is 6.70. The third-order valence-corrected chi connectivity index (χ3v) is 4.29. The van der Waals surface area contributed by atoms with Crippen molar-refractivity contribution in [2.45, 2.75) is 38.5 Å². The first kappa shape index (κ1) is 19.6. The number of aromatic nitrogens is 1. The number of halogens is 1. The Morgan fingerprint density at radius 3 is 2.61 bits per heavy atom. The minimum Gasteiger partial charge on any atom is -0.330 e. The number of unbranched alkanes of at least 4 members (excludes halogenated alkanes) is 3. The Kier molecular flexibility index (Phi) is 9.52. The van der Waals surface area contributed by atoms with Gasteiger partial charge in [-0.2, -0.15) is 0 Å². The Morgan fingerprint density at radius 1 is 1.13 bits per heavy atom. The number of amides is 1. The van der Waals surface area contributed by atoms with Crippen LogP contribution in [0.2, 0.25) is 0 Å². The van der Waals surface area contributed by atoms with Gasteiger partial charge in [-0.3, -0.25) is 4.79 Å². The van der Waals surface area contributed by atoms with E-state index in [2.05, 4.69) is 22.4 Å². The molecule has 1 aromatic carbocycles. The summed E-state index contributed by atoms with van der Waals surface area (Å²) in [5.74, 6) is 0.0494. The van der Waals surface area contributed by atoms with Gasteiger partial charge in [0, 0.05) is 23.9 Å². The molecule has 126 valence electrons. The standard InChI is InChI=1S/C17H23N3OS.ClH/c18-11-7-2-1-6-10-16(21)20-17-19-13-15(22-17)12-14-8-4-3-5-9-14;/h3-5,8-9,13H,1-2,6-7,10-12,18H2,(H,19,20,21);1H. The Morgan fingerprint density at radius 2 is 1.87 bits per heavy atom. The van der Waals surface area contributed by atoms with E-state index in [0.717, 1.165) is 43.5 Å². The highest BCUT2D eigenvalue weighted by molar-refractivity contribution is 7.15. The summed E-state index contributed by atoms with van der Waals surface area (Å²) in [7, 11) is 0. The van der Waals surface area contributed by atoms with Crippen molar-refractivity contribution in [2.75, 3.05) is 11.9 Å². The van der Waals surface area contributed by atoms with E-state index in [1.54, 1.807) is 11.3 Å². The quantitative estimate of drug-likeness (QED) is 0.669. The molecule has 0 spiro atoms. The van der Waals surface area contributed by atoms with Crippen molar-refractivity contribution in [2.24, 2.45) is 5.73 Å². The largest absolute Gasteiger partial charge is 0.330 e. The van der Waals surface area contributed by atoms with Crippen LogP contribution >= 0.6 is 23.7 Å². The van der Waals surface area contributed by atoms with Gasteiger partial charge < -0.3 is 11.1 Å². The molecule has 0 bridgehead atoms. The zero-order valence-corrected chi connectivity index (χ0v) is 14.8. The Balaban J connectivity index is 0.00000264. The van der Waals surface area contributed by atoms with Crippen LogP contribution in [0.15, 0.2) is 36.5 Å². The van der Waals surface area contributed by atoms with Gasteiger partial charge in [-0.1, -0.05) is 43.2 Å². The van der Waals surface area contributed by atoms with Crippen LogP contribution in [0.25, 0.3) is 0 Å². The molecule has 3 N–H and O–H groups in total. The minimum absolute atomic E-state index is 0. The average molecular weight is 354 g/mol. The normalized spacial score (nSPS) is 10.1. The number of nitrogens with one attached hydrogen (secondary N) is 1. The molecule has 0 aliphatic heterocycles. The van der Waals surface area contributed by atoms with E-state index in [9.17, 15) is 4.79 Å². The number of hydrogen-bond acceptors (Lipinski definition) is 4. The highest BCUT2D eigenvalue weighted by Crippen LogP contribution is 2.21. The zero-order valence-electron chi connectivity index (χ0n) is 13.2. The molecule has 0 fully saturated rings. The molecule has 4 nitrogen and oxygen atoms in total. The molecule has 6 heteroatoms. The molecule has 0 aliphatic rings. The number of thiazole rings is 1. The minimum atomic E-state index is 0. The summed E-state index contributed by atoms with van der Waals surface area (Å²) in [4.78, 5) is 17.3. The third-order valence-electron chi connectivity index (χ3n) is 3.38. The average Bonchev–Trinajstić information content (AvgIpc) is 2.95. The zero-order chi connectivity index (χ0) is 15.6. The summed E-state index contributed by atoms with van der Waals surface area (Å²) in [6.45, 7) is 0.732. The van der Waals surface area contributed by atoms with E-state index in [4.69, 9.17) is 5.73 Å². The number of benzene rings is 1. The monoisotopic (exact) mass is 353 g/mol.